The molecule has 0 radical (unpaired) electrons. The first-order valence-electron chi connectivity index (χ1n) is 8.81. The van der Waals surface area contributed by atoms with Gasteiger partial charge in [-0.25, -0.2) is 4.79 Å². The van der Waals surface area contributed by atoms with Crippen LogP contribution in [0.4, 0.5) is 10.5 Å². The van der Waals surface area contributed by atoms with E-state index in [4.69, 9.17) is 16.3 Å². The number of anilines is 1. The molecule has 0 unspecified atom stereocenters. The fourth-order valence-electron chi connectivity index (χ4n) is 3.12. The van der Waals surface area contributed by atoms with Crippen molar-refractivity contribution in [3.8, 4) is 5.75 Å². The minimum Gasteiger partial charge on any atom is -0.495 e. The van der Waals surface area contributed by atoms with Crippen molar-refractivity contribution in [3.63, 3.8) is 0 Å². The van der Waals surface area contributed by atoms with Gasteiger partial charge in [0.2, 0.25) is 0 Å². The van der Waals surface area contributed by atoms with Crippen molar-refractivity contribution in [3.05, 3.63) is 59.1 Å². The average Bonchev–Trinajstić information content (AvgIpc) is 2.90. The van der Waals surface area contributed by atoms with E-state index >= 15 is 0 Å². The van der Waals surface area contributed by atoms with Gasteiger partial charge in [0, 0.05) is 37.7 Å². The lowest BCUT2D eigenvalue weighted by Crippen LogP contribution is -2.38. The number of hydrogen-bond acceptors (Lipinski definition) is 3. The smallest absolute Gasteiger partial charge is 0.321 e. The molecule has 1 saturated heterocycles. The van der Waals surface area contributed by atoms with Crippen LogP contribution in [0.5, 0.6) is 5.75 Å². The molecule has 1 fully saturated rings. The predicted octanol–water partition coefficient (Wildman–Crippen LogP) is 4.09. The molecule has 2 aromatic carbocycles. The van der Waals surface area contributed by atoms with E-state index in [1.165, 1.54) is 5.56 Å². The Morgan fingerprint density at radius 3 is 2.62 bits per heavy atom. The van der Waals surface area contributed by atoms with E-state index < -0.39 is 0 Å². The molecular formula is C20H24ClN3O2. The number of benzene rings is 2. The number of para-hydroxylation sites is 2. The summed E-state index contributed by atoms with van der Waals surface area (Å²) in [7, 11) is 1.60. The molecule has 5 nitrogen and oxygen atoms in total. The number of nitrogens with one attached hydrogen (secondary N) is 1. The van der Waals surface area contributed by atoms with Gasteiger partial charge in [-0.15, -0.1) is 0 Å². The molecule has 6 heteroatoms. The zero-order valence-electron chi connectivity index (χ0n) is 15.0. The molecule has 0 atom stereocenters. The molecule has 0 spiro atoms. The van der Waals surface area contributed by atoms with E-state index in [0.717, 1.165) is 37.6 Å². The van der Waals surface area contributed by atoms with Gasteiger partial charge >= 0.3 is 6.03 Å². The maximum Gasteiger partial charge on any atom is 0.321 e. The van der Waals surface area contributed by atoms with Crippen LogP contribution in [0.3, 0.4) is 0 Å². The minimum absolute atomic E-state index is 0.0807. The van der Waals surface area contributed by atoms with Crippen molar-refractivity contribution in [2.24, 2.45) is 0 Å². The maximum atomic E-state index is 12.6. The van der Waals surface area contributed by atoms with E-state index in [-0.39, 0.29) is 6.03 Å². The Balaban J connectivity index is 1.56. The normalized spacial score (nSPS) is 15.4. The number of nitrogens with zero attached hydrogens (tertiary/aromatic N) is 2. The van der Waals surface area contributed by atoms with Crippen molar-refractivity contribution in [1.29, 1.82) is 0 Å². The van der Waals surface area contributed by atoms with Crippen molar-refractivity contribution in [1.82, 2.24) is 9.80 Å². The van der Waals surface area contributed by atoms with Crippen molar-refractivity contribution < 1.29 is 9.53 Å². The third-order valence-corrected chi connectivity index (χ3v) is 4.80. The molecule has 2 aromatic rings. The monoisotopic (exact) mass is 373 g/mol. The molecule has 1 N–H and O–H groups in total. The number of urea groups is 1. The van der Waals surface area contributed by atoms with Crippen LogP contribution in [0.25, 0.3) is 0 Å². The molecular weight excluding hydrogens is 350 g/mol. The quantitative estimate of drug-likeness (QED) is 0.877. The Morgan fingerprint density at radius 2 is 1.85 bits per heavy atom. The maximum absolute atomic E-state index is 12.6. The van der Waals surface area contributed by atoms with Gasteiger partial charge in [-0.1, -0.05) is 35.9 Å². The van der Waals surface area contributed by atoms with Gasteiger partial charge in [-0.2, -0.15) is 0 Å². The first kappa shape index (κ1) is 18.5. The molecule has 2 amide bonds. The lowest BCUT2D eigenvalue weighted by molar-refractivity contribution is 0.211. The highest BCUT2D eigenvalue weighted by atomic mass is 35.5. The summed E-state index contributed by atoms with van der Waals surface area (Å²) < 4.78 is 5.30. The standard InChI is InChI=1S/C20H24ClN3O2/c1-26-19-6-3-2-5-18(19)22-20(25)24-12-4-11-23(13-14-24)15-16-7-9-17(21)10-8-16/h2-3,5-10H,4,11-15H2,1H3,(H,22,25). The van der Waals surface area contributed by atoms with Crippen LogP contribution in [0.1, 0.15) is 12.0 Å². The highest BCUT2D eigenvalue weighted by Gasteiger charge is 2.20. The Bertz CT molecular complexity index is 736. The number of amides is 2. The largest absolute Gasteiger partial charge is 0.495 e. The van der Waals surface area contributed by atoms with Gasteiger partial charge in [0.1, 0.15) is 5.75 Å². The molecule has 1 heterocycles. The Kier molecular flexibility index (Phi) is 6.36. The van der Waals surface area contributed by atoms with Crippen molar-refractivity contribution >= 4 is 23.3 Å². The summed E-state index contributed by atoms with van der Waals surface area (Å²) in [4.78, 5) is 16.9. The third kappa shape index (κ3) is 4.90. The van der Waals surface area contributed by atoms with Crippen molar-refractivity contribution in [2.75, 3.05) is 38.6 Å². The molecule has 1 aliphatic heterocycles. The number of hydrogen-bond donors (Lipinski definition) is 1. The third-order valence-electron chi connectivity index (χ3n) is 4.54. The zero-order valence-corrected chi connectivity index (χ0v) is 15.7. The average molecular weight is 374 g/mol. The molecule has 0 aromatic heterocycles. The van der Waals surface area contributed by atoms with Gasteiger partial charge in [0.05, 0.1) is 12.8 Å². The van der Waals surface area contributed by atoms with Gasteiger partial charge in [-0.3, -0.25) is 4.90 Å². The lowest BCUT2D eigenvalue weighted by Gasteiger charge is -2.23. The van der Waals surface area contributed by atoms with Crippen LogP contribution < -0.4 is 10.1 Å². The summed E-state index contributed by atoms with van der Waals surface area (Å²) in [5.74, 6) is 0.667. The summed E-state index contributed by atoms with van der Waals surface area (Å²) in [5, 5.41) is 3.71. The zero-order chi connectivity index (χ0) is 18.4. The van der Waals surface area contributed by atoms with Crippen LogP contribution in [0.15, 0.2) is 48.5 Å². The number of rotatable bonds is 4. The second kappa shape index (κ2) is 8.92. The van der Waals surface area contributed by atoms with Crippen LogP contribution in [-0.4, -0.2) is 49.1 Å². The number of methoxy groups -OCH3 is 1. The predicted molar refractivity (Wildman–Crippen MR) is 105 cm³/mol. The van der Waals surface area contributed by atoms with E-state index in [0.29, 0.717) is 18.0 Å². The van der Waals surface area contributed by atoms with E-state index in [2.05, 4.69) is 22.3 Å². The molecule has 1 aliphatic rings. The summed E-state index contributed by atoms with van der Waals surface area (Å²) in [6.07, 6.45) is 0.951. The van der Waals surface area contributed by atoms with Gasteiger partial charge in [0.25, 0.3) is 0 Å². The Hall–Kier alpha value is -2.24. The van der Waals surface area contributed by atoms with Crippen LogP contribution in [0, 0.1) is 0 Å². The summed E-state index contributed by atoms with van der Waals surface area (Å²) in [6, 6.07) is 15.3. The first-order chi connectivity index (χ1) is 12.7. The van der Waals surface area contributed by atoms with Gasteiger partial charge in [0.15, 0.2) is 0 Å². The number of carbonyl (C=O) groups is 1. The highest BCUT2D eigenvalue weighted by Crippen LogP contribution is 2.23. The molecule has 26 heavy (non-hydrogen) atoms. The molecule has 138 valence electrons. The van der Waals surface area contributed by atoms with Crippen LogP contribution in [0.2, 0.25) is 5.02 Å². The van der Waals surface area contributed by atoms with Crippen LogP contribution >= 0.6 is 11.6 Å². The SMILES string of the molecule is COc1ccccc1NC(=O)N1CCCN(Cc2ccc(Cl)cc2)CC1. The van der Waals surface area contributed by atoms with E-state index in [1.54, 1.807) is 7.11 Å². The summed E-state index contributed by atoms with van der Waals surface area (Å²) >= 11 is 5.95. The fourth-order valence-corrected chi connectivity index (χ4v) is 3.25. The first-order valence-corrected chi connectivity index (χ1v) is 9.19. The van der Waals surface area contributed by atoms with Crippen molar-refractivity contribution in [2.45, 2.75) is 13.0 Å². The van der Waals surface area contributed by atoms with E-state index in [9.17, 15) is 4.79 Å². The van der Waals surface area contributed by atoms with E-state index in [1.807, 2.05) is 41.3 Å². The summed E-state index contributed by atoms with van der Waals surface area (Å²) in [5.41, 5.74) is 1.93. The highest BCUT2D eigenvalue weighted by molar-refractivity contribution is 6.30. The second-order valence-electron chi connectivity index (χ2n) is 6.37. The topological polar surface area (TPSA) is 44.8 Å². The second-order valence-corrected chi connectivity index (χ2v) is 6.81. The summed E-state index contributed by atoms with van der Waals surface area (Å²) in [6.45, 7) is 4.15. The number of carbonyl (C=O) groups excluding carboxylic acids is 1. The Labute approximate surface area is 159 Å². The molecule has 3 rings (SSSR count). The Morgan fingerprint density at radius 1 is 1.08 bits per heavy atom. The molecule has 0 aliphatic carbocycles. The van der Waals surface area contributed by atoms with Crippen LogP contribution in [-0.2, 0) is 6.54 Å². The molecule has 0 bridgehead atoms. The fraction of sp³-hybridized carbons (Fsp3) is 0.350. The lowest BCUT2D eigenvalue weighted by atomic mass is 10.2. The van der Waals surface area contributed by atoms with Gasteiger partial charge in [-0.05, 0) is 36.2 Å². The van der Waals surface area contributed by atoms with Gasteiger partial charge < -0.3 is 15.0 Å². The minimum atomic E-state index is -0.0807. The molecule has 0 saturated carbocycles. The number of halogens is 1. The number of ether oxygens (including phenoxy) is 1.